The van der Waals surface area contributed by atoms with Gasteiger partial charge in [0.25, 0.3) is 5.91 Å². The molecule has 0 aliphatic carbocycles. The fraction of sp³-hybridized carbons (Fsp3) is 0.500. The molecule has 0 aromatic heterocycles. The molecule has 23 heavy (non-hydrogen) atoms. The number of hydrogen-bond donors (Lipinski definition) is 0. The molecule has 6 nitrogen and oxygen atoms in total. The van der Waals surface area contributed by atoms with E-state index in [1.807, 2.05) is 0 Å². The summed E-state index contributed by atoms with van der Waals surface area (Å²) in [6.45, 7) is 1.80. The Balaban J connectivity index is 1.89. The second-order valence-electron chi connectivity index (χ2n) is 5.67. The number of likely N-dealkylation sites (N-methyl/N-ethyl adjacent to an activating group) is 1. The quantitative estimate of drug-likeness (QED) is 0.799. The molecule has 124 valence electrons. The van der Waals surface area contributed by atoms with Gasteiger partial charge in [0.15, 0.2) is 6.10 Å². The maximum atomic E-state index is 13.6. The third kappa shape index (κ3) is 3.20. The summed E-state index contributed by atoms with van der Waals surface area (Å²) in [5.74, 6) is -0.835. The molecule has 2 heterocycles. The Kier molecular flexibility index (Phi) is 4.58. The Morgan fingerprint density at radius 1 is 1.30 bits per heavy atom. The lowest BCUT2D eigenvalue weighted by atomic mass is 9.97. The van der Waals surface area contributed by atoms with E-state index in [2.05, 4.69) is 0 Å². The smallest absolute Gasteiger partial charge is 0.254 e. The lowest BCUT2D eigenvalue weighted by Crippen LogP contribution is -2.55. The van der Waals surface area contributed by atoms with Crippen molar-refractivity contribution >= 4 is 11.8 Å². The molecule has 0 saturated carbocycles. The van der Waals surface area contributed by atoms with E-state index in [9.17, 15) is 14.0 Å². The summed E-state index contributed by atoms with van der Waals surface area (Å²) in [5.41, 5.74) is 0.548. The number of nitrogens with zero attached hydrogens (tertiary/aromatic N) is 2. The van der Waals surface area contributed by atoms with Crippen LogP contribution in [0.2, 0.25) is 0 Å². The van der Waals surface area contributed by atoms with Gasteiger partial charge in [0.2, 0.25) is 5.91 Å². The van der Waals surface area contributed by atoms with Crippen molar-refractivity contribution in [2.24, 2.45) is 0 Å². The monoisotopic (exact) mass is 322 g/mol. The molecule has 0 spiro atoms. The molecule has 2 aliphatic heterocycles. The van der Waals surface area contributed by atoms with Gasteiger partial charge in [-0.05, 0) is 17.7 Å². The molecule has 3 rings (SSSR count). The number of rotatable bonds is 2. The fourth-order valence-corrected chi connectivity index (χ4v) is 2.97. The average Bonchev–Trinajstić information content (AvgIpc) is 2.57. The number of halogens is 1. The first kappa shape index (κ1) is 15.9. The summed E-state index contributed by atoms with van der Waals surface area (Å²) in [7, 11) is 1.61. The molecule has 1 aromatic carbocycles. The summed E-state index contributed by atoms with van der Waals surface area (Å²) < 4.78 is 24.4. The van der Waals surface area contributed by atoms with Crippen LogP contribution in [0.4, 0.5) is 4.39 Å². The third-order valence-electron chi connectivity index (χ3n) is 4.24. The van der Waals surface area contributed by atoms with E-state index in [0.29, 0.717) is 31.9 Å². The van der Waals surface area contributed by atoms with E-state index in [4.69, 9.17) is 9.47 Å². The lowest BCUT2D eigenvalue weighted by molar-refractivity contribution is -0.169. The Hall–Kier alpha value is -1.99. The second-order valence-corrected chi connectivity index (χ2v) is 5.67. The maximum absolute atomic E-state index is 13.6. The van der Waals surface area contributed by atoms with Crippen LogP contribution < -0.4 is 0 Å². The molecular weight excluding hydrogens is 303 g/mol. The molecule has 7 heteroatoms. The van der Waals surface area contributed by atoms with Crippen LogP contribution >= 0.6 is 0 Å². The van der Waals surface area contributed by atoms with Gasteiger partial charge in [-0.3, -0.25) is 9.59 Å². The minimum Gasteiger partial charge on any atom is -0.378 e. The van der Waals surface area contributed by atoms with Crippen molar-refractivity contribution in [3.63, 3.8) is 0 Å². The molecule has 1 aromatic rings. The van der Waals surface area contributed by atoms with Gasteiger partial charge in [-0.25, -0.2) is 4.39 Å². The topological polar surface area (TPSA) is 59.1 Å². The van der Waals surface area contributed by atoms with Gasteiger partial charge in [-0.15, -0.1) is 0 Å². The van der Waals surface area contributed by atoms with Crippen LogP contribution in [0.3, 0.4) is 0 Å². The first-order chi connectivity index (χ1) is 11.1. The highest BCUT2D eigenvalue weighted by Gasteiger charge is 2.42. The lowest BCUT2D eigenvalue weighted by Gasteiger charge is -2.40. The highest BCUT2D eigenvalue weighted by atomic mass is 19.1. The van der Waals surface area contributed by atoms with Crippen LogP contribution in [-0.4, -0.2) is 67.7 Å². The predicted octanol–water partition coefficient (Wildman–Crippen LogP) is 0.583. The van der Waals surface area contributed by atoms with Gasteiger partial charge in [0, 0.05) is 20.1 Å². The van der Waals surface area contributed by atoms with Crippen molar-refractivity contribution in [2.45, 2.75) is 12.1 Å². The van der Waals surface area contributed by atoms with Crippen LogP contribution in [0.15, 0.2) is 24.3 Å². The highest BCUT2D eigenvalue weighted by molar-refractivity contribution is 5.86. The molecule has 0 N–H and O–H groups in total. The molecule has 2 fully saturated rings. The van der Waals surface area contributed by atoms with Crippen LogP contribution in [0.1, 0.15) is 11.6 Å². The summed E-state index contributed by atoms with van der Waals surface area (Å²) in [6.07, 6.45) is -0.836. The van der Waals surface area contributed by atoms with Crippen LogP contribution in [0.25, 0.3) is 0 Å². The summed E-state index contributed by atoms with van der Waals surface area (Å²) in [4.78, 5) is 27.9. The number of benzene rings is 1. The fourth-order valence-electron chi connectivity index (χ4n) is 2.97. The standard InChI is InChI=1S/C16H19FN2O4/c1-18-13(20)10-23-15(16(21)19-5-7-22-8-6-19)14(18)11-3-2-4-12(17)9-11/h2-4,9,14-15H,5-8,10H2,1H3. The average molecular weight is 322 g/mol. The Morgan fingerprint density at radius 2 is 2.04 bits per heavy atom. The Morgan fingerprint density at radius 3 is 2.74 bits per heavy atom. The van der Waals surface area contributed by atoms with Gasteiger partial charge >= 0.3 is 0 Å². The van der Waals surface area contributed by atoms with E-state index < -0.39 is 18.0 Å². The van der Waals surface area contributed by atoms with Crippen molar-refractivity contribution in [2.75, 3.05) is 40.0 Å². The molecule has 2 amide bonds. The first-order valence-corrected chi connectivity index (χ1v) is 7.57. The van der Waals surface area contributed by atoms with Crippen LogP contribution in [-0.2, 0) is 19.1 Å². The summed E-state index contributed by atoms with van der Waals surface area (Å²) >= 11 is 0. The van der Waals surface area contributed by atoms with Crippen molar-refractivity contribution in [3.05, 3.63) is 35.6 Å². The molecule has 2 aliphatic rings. The SMILES string of the molecule is CN1C(=O)COC(C(=O)N2CCOCC2)C1c1cccc(F)c1. The van der Waals surface area contributed by atoms with Gasteiger partial charge < -0.3 is 19.3 Å². The minimum atomic E-state index is -0.836. The van der Waals surface area contributed by atoms with Gasteiger partial charge in [-0.1, -0.05) is 12.1 Å². The Bertz CT molecular complexity index is 603. The number of carbonyl (C=O) groups excluding carboxylic acids is 2. The second kappa shape index (κ2) is 6.64. The summed E-state index contributed by atoms with van der Waals surface area (Å²) in [6, 6.07) is 5.29. The number of ether oxygens (including phenoxy) is 2. The van der Waals surface area contributed by atoms with Crippen molar-refractivity contribution in [1.82, 2.24) is 9.80 Å². The molecular formula is C16H19FN2O4. The third-order valence-corrected chi connectivity index (χ3v) is 4.24. The Labute approximate surface area is 133 Å². The maximum Gasteiger partial charge on any atom is 0.254 e. The van der Waals surface area contributed by atoms with Gasteiger partial charge in [0.05, 0.1) is 19.3 Å². The molecule has 2 atom stereocenters. The van der Waals surface area contributed by atoms with Gasteiger partial charge in [0.1, 0.15) is 12.4 Å². The zero-order valence-corrected chi connectivity index (χ0v) is 12.9. The molecule has 2 saturated heterocycles. The summed E-state index contributed by atoms with van der Waals surface area (Å²) in [5, 5.41) is 0. The first-order valence-electron chi connectivity index (χ1n) is 7.57. The highest BCUT2D eigenvalue weighted by Crippen LogP contribution is 2.30. The van der Waals surface area contributed by atoms with E-state index >= 15 is 0 Å². The number of hydrogen-bond acceptors (Lipinski definition) is 4. The van der Waals surface area contributed by atoms with Crippen molar-refractivity contribution < 1.29 is 23.5 Å². The van der Waals surface area contributed by atoms with E-state index in [0.717, 1.165) is 0 Å². The minimum absolute atomic E-state index is 0.150. The van der Waals surface area contributed by atoms with E-state index in [-0.39, 0.29) is 18.4 Å². The number of amides is 2. The molecule has 0 bridgehead atoms. The zero-order chi connectivity index (χ0) is 16.4. The van der Waals surface area contributed by atoms with Crippen molar-refractivity contribution in [3.8, 4) is 0 Å². The molecule has 0 radical (unpaired) electrons. The number of carbonyl (C=O) groups is 2. The number of morpholine rings is 2. The van der Waals surface area contributed by atoms with Crippen LogP contribution in [0, 0.1) is 5.82 Å². The van der Waals surface area contributed by atoms with Crippen LogP contribution in [0.5, 0.6) is 0 Å². The zero-order valence-electron chi connectivity index (χ0n) is 12.9. The molecule has 2 unspecified atom stereocenters. The van der Waals surface area contributed by atoms with Gasteiger partial charge in [-0.2, -0.15) is 0 Å². The van der Waals surface area contributed by atoms with Crippen molar-refractivity contribution in [1.29, 1.82) is 0 Å². The van der Waals surface area contributed by atoms with E-state index in [1.165, 1.54) is 17.0 Å². The largest absolute Gasteiger partial charge is 0.378 e. The van der Waals surface area contributed by atoms with E-state index in [1.54, 1.807) is 24.1 Å². The normalized spacial score (nSPS) is 25.6. The predicted molar refractivity (Wildman–Crippen MR) is 79.1 cm³/mol.